The average molecular weight is 352 g/mol. The summed E-state index contributed by atoms with van der Waals surface area (Å²) in [6.45, 7) is 0. The summed E-state index contributed by atoms with van der Waals surface area (Å²) in [5, 5.41) is 9.78. The normalized spacial score (nSPS) is 18.4. The molecule has 0 heterocycles. The van der Waals surface area contributed by atoms with Crippen LogP contribution in [-0.4, -0.2) is 25.0 Å². The van der Waals surface area contributed by atoms with Crippen LogP contribution in [0.3, 0.4) is 0 Å². The Bertz CT molecular complexity index is 634. The van der Waals surface area contributed by atoms with Crippen LogP contribution in [0.15, 0.2) is 23.1 Å². The molecular weight excluding hydrogens is 337 g/mol. The van der Waals surface area contributed by atoms with Gasteiger partial charge in [0.15, 0.2) is 0 Å². The molecule has 0 saturated heterocycles. The number of halogens is 2. The number of aliphatic carboxylic acids is 1. The lowest BCUT2D eigenvalue weighted by molar-refractivity contribution is -0.145. The molecule has 2 N–H and O–H groups in total. The Balaban J connectivity index is 2.37. The monoisotopic (exact) mass is 351 g/mol. The lowest BCUT2D eigenvalue weighted by atomic mass is 9.83. The lowest BCUT2D eigenvalue weighted by Gasteiger charge is -2.33. The fraction of sp³-hybridized carbons (Fsp3) is 0.462. The predicted octanol–water partition coefficient (Wildman–Crippen LogP) is 3.06. The highest BCUT2D eigenvalue weighted by Crippen LogP contribution is 2.31. The zero-order chi connectivity index (χ0) is 15.7. The fourth-order valence-electron chi connectivity index (χ4n) is 2.51. The summed E-state index contributed by atoms with van der Waals surface area (Å²) in [4.78, 5) is 11.4. The fourth-order valence-corrected chi connectivity index (χ4v) is 4.66. The molecule has 1 aromatic carbocycles. The Hall–Kier alpha value is -0.820. The first-order chi connectivity index (χ1) is 9.75. The summed E-state index contributed by atoms with van der Waals surface area (Å²) in [6, 6.07) is 3.90. The summed E-state index contributed by atoms with van der Waals surface area (Å²) in [5.74, 6) is -1.15. The number of sulfonamides is 1. The molecule has 2 rings (SSSR count). The second kappa shape index (κ2) is 6.12. The minimum absolute atomic E-state index is 0.133. The molecule has 0 aliphatic heterocycles. The summed E-state index contributed by atoms with van der Waals surface area (Å²) < 4.78 is 27.2. The van der Waals surface area contributed by atoms with Crippen molar-refractivity contribution in [3.05, 3.63) is 28.2 Å². The molecule has 8 heteroatoms. The number of benzene rings is 1. The maximum absolute atomic E-state index is 12.4. The van der Waals surface area contributed by atoms with Crippen LogP contribution < -0.4 is 4.72 Å². The van der Waals surface area contributed by atoms with Gasteiger partial charge in [-0.3, -0.25) is 4.79 Å². The maximum Gasteiger partial charge on any atom is 0.324 e. The SMILES string of the molecule is O=C(O)C1(NS(=O)(=O)c2cc(Cl)cc(Cl)c2)CCCCC1. The molecular formula is C13H15Cl2NO4S. The molecule has 0 aromatic heterocycles. The van der Waals surface area contributed by atoms with E-state index in [1.165, 1.54) is 18.2 Å². The van der Waals surface area contributed by atoms with Crippen molar-refractivity contribution in [1.82, 2.24) is 4.72 Å². The van der Waals surface area contributed by atoms with Crippen LogP contribution in [0.25, 0.3) is 0 Å². The molecule has 1 aliphatic rings. The third-order valence-corrected chi connectivity index (χ3v) is 5.54. The molecule has 0 spiro atoms. The molecule has 1 saturated carbocycles. The number of carboxylic acids is 1. The van der Waals surface area contributed by atoms with E-state index in [-0.39, 0.29) is 27.8 Å². The number of nitrogens with one attached hydrogen (secondary N) is 1. The Kier molecular flexibility index (Phi) is 4.82. The highest BCUT2D eigenvalue weighted by atomic mass is 35.5. The summed E-state index contributed by atoms with van der Waals surface area (Å²) >= 11 is 11.6. The van der Waals surface area contributed by atoms with Crippen molar-refractivity contribution in [1.29, 1.82) is 0 Å². The van der Waals surface area contributed by atoms with E-state index in [2.05, 4.69) is 4.72 Å². The van der Waals surface area contributed by atoms with E-state index < -0.39 is 21.5 Å². The van der Waals surface area contributed by atoms with Crippen molar-refractivity contribution in [3.8, 4) is 0 Å². The van der Waals surface area contributed by atoms with Crippen LogP contribution in [0.5, 0.6) is 0 Å². The molecule has 1 aromatic rings. The first kappa shape index (κ1) is 16.5. The Morgan fingerprint density at radius 1 is 1.10 bits per heavy atom. The molecule has 0 unspecified atom stereocenters. The second-order valence-electron chi connectivity index (χ2n) is 5.16. The van der Waals surface area contributed by atoms with Gasteiger partial charge in [-0.05, 0) is 31.0 Å². The van der Waals surface area contributed by atoms with E-state index in [9.17, 15) is 18.3 Å². The number of carboxylic acid groups (broad SMARTS) is 1. The minimum Gasteiger partial charge on any atom is -0.480 e. The van der Waals surface area contributed by atoms with Crippen LogP contribution in [-0.2, 0) is 14.8 Å². The largest absolute Gasteiger partial charge is 0.480 e. The third-order valence-electron chi connectivity index (χ3n) is 3.59. The quantitative estimate of drug-likeness (QED) is 0.872. The number of carbonyl (C=O) groups is 1. The molecule has 1 aliphatic carbocycles. The number of rotatable bonds is 4. The Morgan fingerprint density at radius 3 is 2.10 bits per heavy atom. The average Bonchev–Trinajstić information content (AvgIpc) is 2.38. The van der Waals surface area contributed by atoms with Gasteiger partial charge in [0.2, 0.25) is 10.0 Å². The number of hydrogen-bond donors (Lipinski definition) is 2. The molecule has 1 fully saturated rings. The first-order valence-corrected chi connectivity index (χ1v) is 8.73. The van der Waals surface area contributed by atoms with Gasteiger partial charge in [0, 0.05) is 10.0 Å². The van der Waals surface area contributed by atoms with Gasteiger partial charge in [0.1, 0.15) is 5.54 Å². The van der Waals surface area contributed by atoms with Crippen molar-refractivity contribution < 1.29 is 18.3 Å². The lowest BCUT2D eigenvalue weighted by Crippen LogP contribution is -2.55. The predicted molar refractivity (Wildman–Crippen MR) is 80.2 cm³/mol. The topological polar surface area (TPSA) is 83.5 Å². The molecule has 5 nitrogen and oxygen atoms in total. The van der Waals surface area contributed by atoms with E-state index in [0.29, 0.717) is 12.8 Å². The van der Waals surface area contributed by atoms with Crippen LogP contribution in [0.4, 0.5) is 0 Å². The van der Waals surface area contributed by atoms with Gasteiger partial charge >= 0.3 is 5.97 Å². The maximum atomic E-state index is 12.4. The highest BCUT2D eigenvalue weighted by molar-refractivity contribution is 7.89. The van der Waals surface area contributed by atoms with Crippen LogP contribution in [0.2, 0.25) is 10.0 Å². The molecule has 0 radical (unpaired) electrons. The van der Waals surface area contributed by atoms with Gasteiger partial charge in [-0.15, -0.1) is 0 Å². The van der Waals surface area contributed by atoms with Crippen LogP contribution in [0.1, 0.15) is 32.1 Å². The van der Waals surface area contributed by atoms with Crippen molar-refractivity contribution in [2.24, 2.45) is 0 Å². The summed E-state index contributed by atoms with van der Waals surface area (Å²) in [7, 11) is -4.01. The van der Waals surface area contributed by atoms with E-state index in [4.69, 9.17) is 23.2 Å². The summed E-state index contributed by atoms with van der Waals surface area (Å²) in [6.07, 6.45) is 2.79. The van der Waals surface area contributed by atoms with Gasteiger partial charge in [0.05, 0.1) is 4.90 Å². The molecule has 116 valence electrons. The zero-order valence-electron chi connectivity index (χ0n) is 11.1. The third kappa shape index (κ3) is 3.69. The van der Waals surface area contributed by atoms with Crippen molar-refractivity contribution in [3.63, 3.8) is 0 Å². The van der Waals surface area contributed by atoms with E-state index >= 15 is 0 Å². The molecule has 0 atom stereocenters. The van der Waals surface area contributed by atoms with Gasteiger partial charge in [-0.25, -0.2) is 8.42 Å². The highest BCUT2D eigenvalue weighted by Gasteiger charge is 2.43. The standard InChI is InChI=1S/C13H15Cl2NO4S/c14-9-6-10(15)8-11(7-9)21(19,20)16-13(12(17)18)4-2-1-3-5-13/h6-8,16H,1-5H2,(H,17,18). The van der Waals surface area contributed by atoms with Crippen molar-refractivity contribution >= 4 is 39.2 Å². The van der Waals surface area contributed by atoms with Gasteiger partial charge in [0.25, 0.3) is 0 Å². The van der Waals surface area contributed by atoms with Gasteiger partial charge < -0.3 is 5.11 Å². The summed E-state index contributed by atoms with van der Waals surface area (Å²) in [5.41, 5.74) is -1.45. The second-order valence-corrected chi connectivity index (χ2v) is 7.71. The van der Waals surface area contributed by atoms with E-state index in [1.54, 1.807) is 0 Å². The Labute approximate surface area is 133 Å². The van der Waals surface area contributed by atoms with Crippen molar-refractivity contribution in [2.75, 3.05) is 0 Å². The van der Waals surface area contributed by atoms with Gasteiger partial charge in [-0.1, -0.05) is 42.5 Å². The van der Waals surface area contributed by atoms with E-state index in [1.807, 2.05) is 0 Å². The molecule has 21 heavy (non-hydrogen) atoms. The van der Waals surface area contributed by atoms with Crippen LogP contribution >= 0.6 is 23.2 Å². The minimum atomic E-state index is -4.01. The number of hydrogen-bond acceptors (Lipinski definition) is 3. The van der Waals surface area contributed by atoms with Crippen molar-refractivity contribution in [2.45, 2.75) is 42.5 Å². The van der Waals surface area contributed by atoms with Gasteiger partial charge in [-0.2, -0.15) is 4.72 Å². The van der Waals surface area contributed by atoms with Crippen LogP contribution in [0, 0.1) is 0 Å². The first-order valence-electron chi connectivity index (χ1n) is 6.49. The smallest absolute Gasteiger partial charge is 0.324 e. The van der Waals surface area contributed by atoms with E-state index in [0.717, 1.165) is 6.42 Å². The molecule has 0 bridgehead atoms. The molecule has 0 amide bonds. The Morgan fingerprint density at radius 2 is 1.62 bits per heavy atom. The zero-order valence-corrected chi connectivity index (χ0v) is 13.4.